The third-order valence-electron chi connectivity index (χ3n) is 1.49. The van der Waals surface area contributed by atoms with E-state index >= 15 is 0 Å². The Balaban J connectivity index is 2.78. The molecule has 0 aliphatic heterocycles. The van der Waals surface area contributed by atoms with Gasteiger partial charge < -0.3 is 9.47 Å². The summed E-state index contributed by atoms with van der Waals surface area (Å²) in [6, 6.07) is 3.75. The van der Waals surface area contributed by atoms with Crippen LogP contribution in [0.25, 0.3) is 0 Å². The fourth-order valence-electron chi connectivity index (χ4n) is 0.944. The van der Waals surface area contributed by atoms with E-state index in [1.165, 1.54) is 24.3 Å². The molecule has 88 valence electrons. The Labute approximate surface area is 98.8 Å². The quantitative estimate of drug-likeness (QED) is 0.784. The minimum absolute atomic E-state index is 0.276. The van der Waals surface area contributed by atoms with Crippen molar-refractivity contribution in [2.24, 2.45) is 0 Å². The van der Waals surface area contributed by atoms with Crippen molar-refractivity contribution in [2.75, 3.05) is 6.61 Å². The van der Waals surface area contributed by atoms with Gasteiger partial charge in [-0.15, -0.1) is 13.2 Å². The van der Waals surface area contributed by atoms with Crippen LogP contribution in [-0.2, 0) is 0 Å². The van der Waals surface area contributed by atoms with E-state index in [1.54, 1.807) is 0 Å². The number of hydrogen-bond donors (Lipinski definition) is 0. The summed E-state index contributed by atoms with van der Waals surface area (Å²) in [6.45, 7) is 3.73. The molecule has 0 aliphatic rings. The second kappa shape index (κ2) is 5.25. The molecule has 1 rings (SSSR count). The second-order valence-electron chi connectivity index (χ2n) is 2.74. The Kier molecular flexibility index (Phi) is 4.23. The molecule has 6 heteroatoms. The predicted molar refractivity (Wildman–Crippen MR) is 56.5 cm³/mol. The number of rotatable bonds is 4. The third kappa shape index (κ3) is 4.14. The van der Waals surface area contributed by atoms with Crippen LogP contribution in [0.2, 0.25) is 0 Å². The van der Waals surface area contributed by atoms with Gasteiger partial charge in [0.05, 0.1) is 4.47 Å². The summed E-state index contributed by atoms with van der Waals surface area (Å²) in [5.74, 6) is 0.125. The van der Waals surface area contributed by atoms with Crippen LogP contribution in [0.3, 0.4) is 0 Å². The first-order chi connectivity index (χ1) is 7.42. The fourth-order valence-corrected chi connectivity index (χ4v) is 1.42. The molecule has 0 saturated heterocycles. The molecule has 0 radical (unpaired) electrons. The highest BCUT2D eigenvalue weighted by Gasteiger charge is 2.31. The first-order valence-corrected chi connectivity index (χ1v) is 5.00. The summed E-state index contributed by atoms with van der Waals surface area (Å²) >= 11 is 3.08. The van der Waals surface area contributed by atoms with Crippen molar-refractivity contribution in [1.82, 2.24) is 0 Å². The molecule has 0 saturated carbocycles. The highest BCUT2D eigenvalue weighted by atomic mass is 79.9. The van der Waals surface area contributed by atoms with Gasteiger partial charge in [0.2, 0.25) is 0 Å². The Hall–Kier alpha value is -1.17. The molecule has 0 spiro atoms. The minimum atomic E-state index is -4.69. The topological polar surface area (TPSA) is 18.5 Å². The van der Waals surface area contributed by atoms with Crippen molar-refractivity contribution in [3.63, 3.8) is 0 Å². The van der Waals surface area contributed by atoms with Gasteiger partial charge in [0.25, 0.3) is 0 Å². The van der Waals surface area contributed by atoms with Crippen LogP contribution in [0.1, 0.15) is 0 Å². The zero-order valence-corrected chi connectivity index (χ0v) is 9.64. The molecule has 0 bridgehead atoms. The van der Waals surface area contributed by atoms with Gasteiger partial charge in [0, 0.05) is 0 Å². The van der Waals surface area contributed by atoms with Gasteiger partial charge in [-0.1, -0.05) is 12.7 Å². The lowest BCUT2D eigenvalue weighted by atomic mass is 10.3. The first-order valence-electron chi connectivity index (χ1n) is 4.21. The Morgan fingerprint density at radius 1 is 1.38 bits per heavy atom. The molecular weight excluding hydrogens is 289 g/mol. The molecule has 16 heavy (non-hydrogen) atoms. The summed E-state index contributed by atoms with van der Waals surface area (Å²) in [7, 11) is 0. The van der Waals surface area contributed by atoms with Crippen molar-refractivity contribution >= 4 is 15.9 Å². The zero-order chi connectivity index (χ0) is 12.2. The van der Waals surface area contributed by atoms with E-state index in [-0.39, 0.29) is 12.4 Å². The molecule has 1 aromatic rings. The maximum Gasteiger partial charge on any atom is 0.573 e. The van der Waals surface area contributed by atoms with Gasteiger partial charge in [-0.3, -0.25) is 0 Å². The third-order valence-corrected chi connectivity index (χ3v) is 2.11. The number of alkyl halides is 3. The monoisotopic (exact) mass is 296 g/mol. The van der Waals surface area contributed by atoms with Crippen LogP contribution in [0.15, 0.2) is 35.3 Å². The number of hydrogen-bond acceptors (Lipinski definition) is 2. The van der Waals surface area contributed by atoms with E-state index in [1.807, 2.05) is 0 Å². The number of ether oxygens (including phenoxy) is 2. The molecule has 0 N–H and O–H groups in total. The smallest absolute Gasteiger partial charge is 0.488 e. The maximum absolute atomic E-state index is 11.9. The van der Waals surface area contributed by atoms with Gasteiger partial charge in [0.15, 0.2) is 0 Å². The van der Waals surface area contributed by atoms with Crippen LogP contribution in [0, 0.1) is 0 Å². The first kappa shape index (κ1) is 12.9. The number of benzene rings is 1. The van der Waals surface area contributed by atoms with E-state index in [0.29, 0.717) is 10.2 Å². The normalized spacial score (nSPS) is 11.0. The molecule has 0 aromatic heterocycles. The van der Waals surface area contributed by atoms with E-state index in [4.69, 9.17) is 4.74 Å². The molecule has 1 aromatic carbocycles. The van der Waals surface area contributed by atoms with Crippen molar-refractivity contribution in [1.29, 1.82) is 0 Å². The molecule has 0 atom stereocenters. The van der Waals surface area contributed by atoms with E-state index < -0.39 is 6.36 Å². The van der Waals surface area contributed by atoms with E-state index in [9.17, 15) is 13.2 Å². The standard InChI is InChI=1S/C10H8BrF3O2/c1-2-5-15-9-4-3-7(6-8(9)11)16-10(12,13)14/h2-4,6H,1,5H2. The molecule has 0 unspecified atom stereocenters. The summed E-state index contributed by atoms with van der Waals surface area (Å²) in [4.78, 5) is 0. The van der Waals surface area contributed by atoms with Gasteiger partial charge in [-0.25, -0.2) is 0 Å². The highest BCUT2D eigenvalue weighted by Crippen LogP contribution is 2.31. The Bertz CT molecular complexity index is 377. The Morgan fingerprint density at radius 3 is 2.56 bits per heavy atom. The van der Waals surface area contributed by atoms with Crippen molar-refractivity contribution in [2.45, 2.75) is 6.36 Å². The minimum Gasteiger partial charge on any atom is -0.488 e. The van der Waals surface area contributed by atoms with Gasteiger partial charge >= 0.3 is 6.36 Å². The average molecular weight is 297 g/mol. The lowest BCUT2D eigenvalue weighted by Crippen LogP contribution is -2.17. The molecule has 0 aliphatic carbocycles. The fraction of sp³-hybridized carbons (Fsp3) is 0.200. The average Bonchev–Trinajstić information content (AvgIpc) is 2.14. The highest BCUT2D eigenvalue weighted by molar-refractivity contribution is 9.10. The molecule has 0 amide bonds. The van der Waals surface area contributed by atoms with E-state index in [0.717, 1.165) is 0 Å². The number of halogens is 4. The SMILES string of the molecule is C=CCOc1ccc(OC(F)(F)F)cc1Br. The van der Waals surface area contributed by atoms with Gasteiger partial charge in [-0.05, 0) is 34.1 Å². The zero-order valence-electron chi connectivity index (χ0n) is 8.05. The summed E-state index contributed by atoms with van der Waals surface area (Å²) in [6.07, 6.45) is -3.16. The van der Waals surface area contributed by atoms with Crippen LogP contribution < -0.4 is 9.47 Å². The van der Waals surface area contributed by atoms with Crippen LogP contribution in [-0.4, -0.2) is 13.0 Å². The van der Waals surface area contributed by atoms with E-state index in [2.05, 4.69) is 27.2 Å². The van der Waals surface area contributed by atoms with Crippen LogP contribution in [0.4, 0.5) is 13.2 Å². The predicted octanol–water partition coefficient (Wildman–Crippen LogP) is 3.91. The van der Waals surface area contributed by atoms with Crippen LogP contribution >= 0.6 is 15.9 Å². The Morgan fingerprint density at radius 2 is 2.06 bits per heavy atom. The lowest BCUT2D eigenvalue weighted by molar-refractivity contribution is -0.274. The van der Waals surface area contributed by atoms with Crippen molar-refractivity contribution in [3.05, 3.63) is 35.3 Å². The summed E-state index contributed by atoms with van der Waals surface area (Å²) in [5.41, 5.74) is 0. The molecule has 0 fully saturated rings. The maximum atomic E-state index is 11.9. The second-order valence-corrected chi connectivity index (χ2v) is 3.59. The lowest BCUT2D eigenvalue weighted by Gasteiger charge is -2.11. The van der Waals surface area contributed by atoms with Gasteiger partial charge in [-0.2, -0.15) is 0 Å². The molecule has 0 heterocycles. The van der Waals surface area contributed by atoms with Crippen molar-refractivity contribution in [3.8, 4) is 11.5 Å². The molecule has 2 nitrogen and oxygen atoms in total. The summed E-state index contributed by atoms with van der Waals surface area (Å²) < 4.78 is 45.0. The summed E-state index contributed by atoms with van der Waals surface area (Å²) in [5, 5.41) is 0. The van der Waals surface area contributed by atoms with Gasteiger partial charge in [0.1, 0.15) is 18.1 Å². The molecular formula is C10H8BrF3O2. The van der Waals surface area contributed by atoms with Crippen LogP contribution in [0.5, 0.6) is 11.5 Å². The van der Waals surface area contributed by atoms with Crippen molar-refractivity contribution < 1.29 is 22.6 Å². The largest absolute Gasteiger partial charge is 0.573 e.